The quantitative estimate of drug-likeness (QED) is 0.912. The maximum atomic E-state index is 6.45. The molecule has 4 unspecified atom stereocenters. The smallest absolute Gasteiger partial charge is 0.0593 e. The summed E-state index contributed by atoms with van der Waals surface area (Å²) in [6.45, 7) is 6.97. The lowest BCUT2D eigenvalue weighted by Gasteiger charge is -2.32. The SMILES string of the molecule is CCC(N)C(c1ccc(C)s1)N1CC2CCCC2C1. The van der Waals surface area contributed by atoms with Crippen molar-refractivity contribution < 1.29 is 0 Å². The van der Waals surface area contributed by atoms with Crippen LogP contribution >= 0.6 is 11.3 Å². The van der Waals surface area contributed by atoms with Crippen LogP contribution in [0.1, 0.15) is 48.4 Å². The molecule has 0 radical (unpaired) electrons. The largest absolute Gasteiger partial charge is 0.326 e. The van der Waals surface area contributed by atoms with Gasteiger partial charge >= 0.3 is 0 Å². The van der Waals surface area contributed by atoms with E-state index in [0.29, 0.717) is 6.04 Å². The Hall–Kier alpha value is -0.380. The second kappa shape index (κ2) is 5.55. The van der Waals surface area contributed by atoms with Crippen LogP contribution in [0.15, 0.2) is 12.1 Å². The molecule has 3 heteroatoms. The Morgan fingerprint density at radius 1 is 1.32 bits per heavy atom. The van der Waals surface area contributed by atoms with Crippen molar-refractivity contribution in [1.29, 1.82) is 0 Å². The Bertz CT molecular complexity index is 416. The molecule has 3 rings (SSSR count). The van der Waals surface area contributed by atoms with Crippen molar-refractivity contribution in [3.63, 3.8) is 0 Å². The van der Waals surface area contributed by atoms with Gasteiger partial charge < -0.3 is 5.73 Å². The monoisotopic (exact) mass is 278 g/mol. The summed E-state index contributed by atoms with van der Waals surface area (Å²) < 4.78 is 0. The van der Waals surface area contributed by atoms with Crippen molar-refractivity contribution in [3.05, 3.63) is 21.9 Å². The number of fused-ring (bicyclic) bond motifs is 1. The van der Waals surface area contributed by atoms with Gasteiger partial charge in [0.05, 0.1) is 6.04 Å². The number of nitrogens with zero attached hydrogens (tertiary/aromatic N) is 1. The van der Waals surface area contributed by atoms with Crippen molar-refractivity contribution in [3.8, 4) is 0 Å². The molecule has 0 spiro atoms. The fraction of sp³-hybridized carbons (Fsp3) is 0.750. The second-order valence-corrected chi connectivity index (χ2v) is 7.69. The van der Waals surface area contributed by atoms with Crippen LogP contribution in [-0.2, 0) is 0 Å². The second-order valence-electron chi connectivity index (χ2n) is 6.37. The number of rotatable bonds is 4. The van der Waals surface area contributed by atoms with Crippen LogP contribution in [0.2, 0.25) is 0 Å². The number of hydrogen-bond acceptors (Lipinski definition) is 3. The average molecular weight is 278 g/mol. The van der Waals surface area contributed by atoms with Gasteiger partial charge in [-0.3, -0.25) is 4.90 Å². The Morgan fingerprint density at radius 2 is 2.00 bits per heavy atom. The maximum Gasteiger partial charge on any atom is 0.0593 e. The Morgan fingerprint density at radius 3 is 2.53 bits per heavy atom. The van der Waals surface area contributed by atoms with Crippen molar-refractivity contribution in [2.45, 2.75) is 51.6 Å². The highest BCUT2D eigenvalue weighted by molar-refractivity contribution is 7.12. The first-order valence-corrected chi connectivity index (χ1v) is 8.56. The third-order valence-corrected chi connectivity index (χ3v) is 6.15. The minimum absolute atomic E-state index is 0.275. The molecule has 1 saturated heterocycles. The molecule has 2 heterocycles. The van der Waals surface area contributed by atoms with Gasteiger partial charge in [-0.05, 0) is 50.2 Å². The van der Waals surface area contributed by atoms with Crippen molar-refractivity contribution >= 4 is 11.3 Å². The van der Waals surface area contributed by atoms with E-state index >= 15 is 0 Å². The Kier molecular flexibility index (Phi) is 3.97. The standard InChI is InChI=1S/C16H26N2S/c1-3-14(17)16(15-8-7-11(2)19-15)18-9-12-5-4-6-13(12)10-18/h7-8,12-14,16H,3-6,9-10,17H2,1-2H3. The summed E-state index contributed by atoms with van der Waals surface area (Å²) in [6.07, 6.45) is 5.40. The lowest BCUT2D eigenvalue weighted by atomic mass is 10.0. The molecule has 1 aromatic rings. The molecule has 1 aliphatic carbocycles. The summed E-state index contributed by atoms with van der Waals surface area (Å²) in [6, 6.07) is 5.27. The van der Waals surface area contributed by atoms with Gasteiger partial charge in [-0.25, -0.2) is 0 Å². The molecule has 0 bridgehead atoms. The van der Waals surface area contributed by atoms with Crippen molar-refractivity contribution in [2.75, 3.05) is 13.1 Å². The molecule has 2 fully saturated rings. The summed E-state index contributed by atoms with van der Waals surface area (Å²) in [4.78, 5) is 5.57. The minimum atomic E-state index is 0.275. The fourth-order valence-electron chi connectivity index (χ4n) is 4.00. The zero-order valence-corrected chi connectivity index (χ0v) is 13.0. The molecule has 2 aliphatic rings. The first-order chi connectivity index (χ1) is 9.19. The van der Waals surface area contributed by atoms with Crippen LogP contribution in [-0.4, -0.2) is 24.0 Å². The van der Waals surface area contributed by atoms with Gasteiger partial charge in [0.1, 0.15) is 0 Å². The normalized spacial score (nSPS) is 30.5. The van der Waals surface area contributed by atoms with Crippen molar-refractivity contribution in [2.24, 2.45) is 17.6 Å². The van der Waals surface area contributed by atoms with Gasteiger partial charge in [0, 0.05) is 28.9 Å². The van der Waals surface area contributed by atoms with E-state index < -0.39 is 0 Å². The Labute approximate surface area is 121 Å². The van der Waals surface area contributed by atoms with Crippen LogP contribution in [0.4, 0.5) is 0 Å². The first-order valence-electron chi connectivity index (χ1n) is 7.75. The summed E-state index contributed by atoms with van der Waals surface area (Å²) in [5.41, 5.74) is 6.45. The molecule has 4 atom stereocenters. The maximum absolute atomic E-state index is 6.45. The van der Waals surface area contributed by atoms with Crippen LogP contribution in [0.5, 0.6) is 0 Å². The van der Waals surface area contributed by atoms with E-state index in [0.717, 1.165) is 18.3 Å². The van der Waals surface area contributed by atoms with E-state index in [-0.39, 0.29) is 6.04 Å². The van der Waals surface area contributed by atoms with Gasteiger partial charge in [0.2, 0.25) is 0 Å². The molecule has 2 N–H and O–H groups in total. The highest BCUT2D eigenvalue weighted by Gasteiger charge is 2.40. The molecule has 0 aromatic carbocycles. The van der Waals surface area contributed by atoms with E-state index in [1.807, 2.05) is 11.3 Å². The fourth-order valence-corrected chi connectivity index (χ4v) is 5.08. The third-order valence-electron chi connectivity index (χ3n) is 5.08. The van der Waals surface area contributed by atoms with E-state index in [1.165, 1.54) is 42.1 Å². The number of likely N-dealkylation sites (tertiary alicyclic amines) is 1. The van der Waals surface area contributed by atoms with E-state index in [4.69, 9.17) is 5.73 Å². The van der Waals surface area contributed by atoms with Gasteiger partial charge in [0.15, 0.2) is 0 Å². The molecular weight excluding hydrogens is 252 g/mol. The highest BCUT2D eigenvalue weighted by Crippen LogP contribution is 2.42. The minimum Gasteiger partial charge on any atom is -0.326 e. The van der Waals surface area contributed by atoms with E-state index in [2.05, 4.69) is 30.9 Å². The van der Waals surface area contributed by atoms with Gasteiger partial charge in [-0.1, -0.05) is 13.3 Å². The summed E-state index contributed by atoms with van der Waals surface area (Å²) in [7, 11) is 0. The lowest BCUT2D eigenvalue weighted by molar-refractivity contribution is 0.197. The van der Waals surface area contributed by atoms with Gasteiger partial charge in [-0.15, -0.1) is 11.3 Å². The molecule has 1 aliphatic heterocycles. The lowest BCUT2D eigenvalue weighted by Crippen LogP contribution is -2.39. The summed E-state index contributed by atoms with van der Waals surface area (Å²) >= 11 is 1.93. The average Bonchev–Trinajstić information content (AvgIpc) is 3.05. The molecular formula is C16H26N2S. The van der Waals surface area contributed by atoms with Gasteiger partial charge in [0.25, 0.3) is 0 Å². The van der Waals surface area contributed by atoms with Crippen LogP contribution in [0.3, 0.4) is 0 Å². The van der Waals surface area contributed by atoms with Gasteiger partial charge in [-0.2, -0.15) is 0 Å². The number of hydrogen-bond donors (Lipinski definition) is 1. The molecule has 0 amide bonds. The predicted octanol–water partition coefficient (Wildman–Crippen LogP) is 3.57. The molecule has 1 aromatic heterocycles. The molecule has 106 valence electrons. The Balaban J connectivity index is 1.80. The third kappa shape index (κ3) is 2.61. The number of thiophene rings is 1. The predicted molar refractivity (Wildman–Crippen MR) is 82.5 cm³/mol. The molecule has 19 heavy (non-hydrogen) atoms. The summed E-state index contributed by atoms with van der Waals surface area (Å²) in [5, 5.41) is 0. The zero-order chi connectivity index (χ0) is 13.4. The molecule has 1 saturated carbocycles. The van der Waals surface area contributed by atoms with Crippen LogP contribution in [0.25, 0.3) is 0 Å². The zero-order valence-electron chi connectivity index (χ0n) is 12.1. The van der Waals surface area contributed by atoms with Crippen molar-refractivity contribution in [1.82, 2.24) is 4.90 Å². The number of aryl methyl sites for hydroxylation is 1. The summed E-state index contributed by atoms with van der Waals surface area (Å²) in [5.74, 6) is 1.90. The topological polar surface area (TPSA) is 29.3 Å². The van der Waals surface area contributed by atoms with E-state index in [9.17, 15) is 0 Å². The molecule has 2 nitrogen and oxygen atoms in total. The van der Waals surface area contributed by atoms with Crippen LogP contribution in [0, 0.1) is 18.8 Å². The first kappa shape index (κ1) is 13.6. The van der Waals surface area contributed by atoms with E-state index in [1.54, 1.807) is 0 Å². The highest BCUT2D eigenvalue weighted by atomic mass is 32.1. The van der Waals surface area contributed by atoms with Crippen LogP contribution < -0.4 is 5.73 Å². The number of nitrogens with two attached hydrogens (primary N) is 1.